The van der Waals surface area contributed by atoms with Gasteiger partial charge in [-0.25, -0.2) is 0 Å². The van der Waals surface area contributed by atoms with Crippen molar-refractivity contribution < 1.29 is 4.74 Å². The number of benzene rings is 2. The molecule has 0 aromatic heterocycles. The second-order valence-corrected chi connectivity index (χ2v) is 4.19. The fraction of sp³-hybridized carbons (Fsp3) is 0.200. The maximum Gasteiger partial charge on any atom is 0.119 e. The molecule has 0 spiro atoms. The fourth-order valence-corrected chi connectivity index (χ4v) is 1.85. The van der Waals surface area contributed by atoms with Crippen molar-refractivity contribution in [1.82, 2.24) is 0 Å². The summed E-state index contributed by atoms with van der Waals surface area (Å²) in [5.41, 5.74) is 1.18. The van der Waals surface area contributed by atoms with Gasteiger partial charge in [-0.15, -0.1) is 0 Å². The topological polar surface area (TPSA) is 9.23 Å². The molecule has 0 aliphatic carbocycles. The Bertz CT molecular complexity index is 453. The van der Waals surface area contributed by atoms with Gasteiger partial charge in [-0.3, -0.25) is 0 Å². The Labute approximate surface area is 107 Å². The van der Waals surface area contributed by atoms with E-state index >= 15 is 0 Å². The molecule has 0 bridgehead atoms. The highest BCUT2D eigenvalue weighted by Crippen LogP contribution is 2.16. The quantitative estimate of drug-likeness (QED) is 0.719. The fourth-order valence-electron chi connectivity index (χ4n) is 1.62. The van der Waals surface area contributed by atoms with Crippen LogP contribution >= 0.6 is 11.6 Å². The highest BCUT2D eigenvalue weighted by molar-refractivity contribution is 6.31. The largest absolute Gasteiger partial charge is 0.494 e. The molecule has 0 saturated carbocycles. The molecule has 1 nitrogen and oxygen atoms in total. The van der Waals surface area contributed by atoms with Crippen molar-refractivity contribution in [2.45, 2.75) is 12.8 Å². The van der Waals surface area contributed by atoms with Gasteiger partial charge in [-0.05, 0) is 42.7 Å². The standard InChI is InChI=1S/C15H14ClO/c16-15-11-5-4-7-13(15)8-6-12-17-14-9-2-1-3-10-14/h2-5,7,9-11H,6,8,12H2. The Balaban J connectivity index is 1.76. The van der Waals surface area contributed by atoms with E-state index in [9.17, 15) is 0 Å². The Hall–Kier alpha value is -1.47. The Kier molecular flexibility index (Phi) is 4.45. The van der Waals surface area contributed by atoms with Gasteiger partial charge in [0, 0.05) is 5.02 Å². The van der Waals surface area contributed by atoms with Crippen molar-refractivity contribution in [3.8, 4) is 5.75 Å². The first-order chi connectivity index (χ1) is 8.36. The molecule has 87 valence electrons. The number of hydrogen-bond donors (Lipinski definition) is 0. The minimum atomic E-state index is 0.704. The lowest BCUT2D eigenvalue weighted by Gasteiger charge is -2.06. The molecule has 0 amide bonds. The summed E-state index contributed by atoms with van der Waals surface area (Å²) in [5.74, 6) is 0.892. The van der Waals surface area contributed by atoms with E-state index in [1.54, 1.807) is 0 Å². The van der Waals surface area contributed by atoms with E-state index in [1.165, 1.54) is 5.56 Å². The summed E-state index contributed by atoms with van der Waals surface area (Å²) in [7, 11) is 0. The van der Waals surface area contributed by atoms with E-state index in [0.29, 0.717) is 6.61 Å². The third kappa shape index (κ3) is 3.79. The lowest BCUT2D eigenvalue weighted by molar-refractivity contribution is 0.311. The minimum Gasteiger partial charge on any atom is -0.494 e. The van der Waals surface area contributed by atoms with E-state index in [2.05, 4.69) is 12.1 Å². The molecule has 17 heavy (non-hydrogen) atoms. The van der Waals surface area contributed by atoms with Crippen LogP contribution in [-0.2, 0) is 6.42 Å². The number of rotatable bonds is 5. The zero-order valence-electron chi connectivity index (χ0n) is 9.53. The third-order valence-electron chi connectivity index (χ3n) is 2.50. The van der Waals surface area contributed by atoms with E-state index in [4.69, 9.17) is 16.3 Å². The van der Waals surface area contributed by atoms with Gasteiger partial charge in [0.1, 0.15) is 5.75 Å². The molecule has 0 fully saturated rings. The zero-order chi connectivity index (χ0) is 11.9. The van der Waals surface area contributed by atoms with Gasteiger partial charge in [0.2, 0.25) is 0 Å². The lowest BCUT2D eigenvalue weighted by Crippen LogP contribution is -1.99. The summed E-state index contributed by atoms with van der Waals surface area (Å²) in [6, 6.07) is 18.4. The van der Waals surface area contributed by atoms with Crippen LogP contribution in [0, 0.1) is 6.07 Å². The average Bonchev–Trinajstić information content (AvgIpc) is 2.38. The van der Waals surface area contributed by atoms with Gasteiger partial charge in [0.25, 0.3) is 0 Å². The average molecular weight is 246 g/mol. The summed E-state index contributed by atoms with van der Waals surface area (Å²) >= 11 is 6.08. The van der Waals surface area contributed by atoms with Gasteiger partial charge in [-0.2, -0.15) is 0 Å². The van der Waals surface area contributed by atoms with E-state index < -0.39 is 0 Å². The Morgan fingerprint density at radius 2 is 1.82 bits per heavy atom. The van der Waals surface area contributed by atoms with Crippen LogP contribution in [0.2, 0.25) is 5.02 Å². The first-order valence-corrected chi connectivity index (χ1v) is 6.06. The summed E-state index contributed by atoms with van der Waals surface area (Å²) in [6.45, 7) is 0.704. The lowest BCUT2D eigenvalue weighted by atomic mass is 10.1. The molecule has 0 saturated heterocycles. The third-order valence-corrected chi connectivity index (χ3v) is 2.87. The molecule has 0 atom stereocenters. The summed E-state index contributed by atoms with van der Waals surface area (Å²) in [6.07, 6.45) is 1.90. The van der Waals surface area contributed by atoms with Gasteiger partial charge in [0.15, 0.2) is 0 Å². The van der Waals surface area contributed by atoms with Crippen molar-refractivity contribution in [3.63, 3.8) is 0 Å². The molecule has 1 radical (unpaired) electrons. The molecule has 0 aliphatic rings. The van der Waals surface area contributed by atoms with E-state index in [0.717, 1.165) is 23.6 Å². The molecular formula is C15H14ClO. The predicted molar refractivity (Wildman–Crippen MR) is 70.5 cm³/mol. The highest BCUT2D eigenvalue weighted by atomic mass is 35.5. The number of ether oxygens (including phenoxy) is 1. The SMILES string of the molecule is Clc1ccccc1CCCOc1cc[c]cc1. The van der Waals surface area contributed by atoms with Crippen LogP contribution in [0.1, 0.15) is 12.0 Å². The first-order valence-electron chi connectivity index (χ1n) is 5.68. The van der Waals surface area contributed by atoms with E-state index in [-0.39, 0.29) is 0 Å². The van der Waals surface area contributed by atoms with Gasteiger partial charge in [0.05, 0.1) is 6.61 Å². The molecule has 0 N–H and O–H groups in total. The molecular weight excluding hydrogens is 232 g/mol. The van der Waals surface area contributed by atoms with Gasteiger partial charge in [-0.1, -0.05) is 41.9 Å². The zero-order valence-corrected chi connectivity index (χ0v) is 10.3. The maximum absolute atomic E-state index is 6.08. The highest BCUT2D eigenvalue weighted by Gasteiger charge is 1.99. The van der Waals surface area contributed by atoms with Crippen LogP contribution in [0.15, 0.2) is 48.5 Å². The predicted octanol–water partition coefficient (Wildman–Crippen LogP) is 4.15. The molecule has 2 heteroatoms. The van der Waals surface area contributed by atoms with Crippen LogP contribution in [-0.4, -0.2) is 6.61 Å². The van der Waals surface area contributed by atoms with Crippen LogP contribution in [0.3, 0.4) is 0 Å². The van der Waals surface area contributed by atoms with Crippen molar-refractivity contribution in [2.75, 3.05) is 6.61 Å². The minimum absolute atomic E-state index is 0.704. The Morgan fingerprint density at radius 1 is 1.06 bits per heavy atom. The van der Waals surface area contributed by atoms with Crippen LogP contribution in [0.5, 0.6) is 5.75 Å². The molecule has 2 rings (SSSR count). The van der Waals surface area contributed by atoms with E-state index in [1.807, 2.05) is 42.5 Å². The van der Waals surface area contributed by atoms with Crippen LogP contribution < -0.4 is 4.74 Å². The molecule has 0 unspecified atom stereocenters. The normalized spacial score (nSPS) is 10.2. The number of aryl methyl sites for hydroxylation is 1. The van der Waals surface area contributed by atoms with Crippen molar-refractivity contribution in [1.29, 1.82) is 0 Å². The van der Waals surface area contributed by atoms with Crippen LogP contribution in [0.25, 0.3) is 0 Å². The molecule has 2 aromatic rings. The van der Waals surface area contributed by atoms with Crippen LogP contribution in [0.4, 0.5) is 0 Å². The second kappa shape index (κ2) is 6.31. The molecule has 0 heterocycles. The monoisotopic (exact) mass is 245 g/mol. The van der Waals surface area contributed by atoms with Gasteiger partial charge >= 0.3 is 0 Å². The summed E-state index contributed by atoms with van der Waals surface area (Å²) in [4.78, 5) is 0. The number of hydrogen-bond acceptors (Lipinski definition) is 1. The van der Waals surface area contributed by atoms with Crippen molar-refractivity contribution in [3.05, 3.63) is 65.2 Å². The second-order valence-electron chi connectivity index (χ2n) is 3.78. The van der Waals surface area contributed by atoms with Crippen molar-refractivity contribution >= 4 is 11.6 Å². The summed E-state index contributed by atoms with van der Waals surface area (Å²) in [5, 5.41) is 0.835. The Morgan fingerprint density at radius 3 is 2.59 bits per heavy atom. The first kappa shape index (κ1) is 12.0. The smallest absolute Gasteiger partial charge is 0.119 e. The van der Waals surface area contributed by atoms with Gasteiger partial charge < -0.3 is 4.74 Å². The maximum atomic E-state index is 6.08. The molecule has 2 aromatic carbocycles. The van der Waals surface area contributed by atoms with Crippen molar-refractivity contribution in [2.24, 2.45) is 0 Å². The molecule has 0 aliphatic heterocycles. The number of halogens is 1. The summed E-state index contributed by atoms with van der Waals surface area (Å²) < 4.78 is 5.60.